The third-order valence-electron chi connectivity index (χ3n) is 3.69. The number of aromatic nitrogens is 1. The number of carboxylic acid groups (broad SMARTS) is 1. The average Bonchev–Trinajstić information content (AvgIpc) is 2.82. The summed E-state index contributed by atoms with van der Waals surface area (Å²) in [5.41, 5.74) is 4.35. The van der Waals surface area contributed by atoms with Crippen molar-refractivity contribution in [3.63, 3.8) is 0 Å². The molecular weight excluding hydrogens is 321 g/mol. The van der Waals surface area contributed by atoms with Crippen LogP contribution in [0.25, 0.3) is 22.2 Å². The Labute approximate surface area is 137 Å². The van der Waals surface area contributed by atoms with Gasteiger partial charge < -0.3 is 10.1 Å². The molecule has 0 atom stereocenters. The van der Waals surface area contributed by atoms with Crippen molar-refractivity contribution in [2.24, 2.45) is 0 Å². The standard InChI is InChI=1S/C17H13Cl2NO2/c1-9-3-2-4-11-12(8-15(21)22)17(20-16(9)11)10-5-6-13(18)14(19)7-10/h2-7,20H,8H2,1H3,(H,21,22). The van der Waals surface area contributed by atoms with Crippen LogP contribution in [0.1, 0.15) is 11.1 Å². The summed E-state index contributed by atoms with van der Waals surface area (Å²) in [4.78, 5) is 14.6. The molecule has 0 aliphatic heterocycles. The fourth-order valence-electron chi connectivity index (χ4n) is 2.65. The van der Waals surface area contributed by atoms with Crippen LogP contribution in [0, 0.1) is 6.92 Å². The van der Waals surface area contributed by atoms with Crippen LogP contribution in [0.5, 0.6) is 0 Å². The van der Waals surface area contributed by atoms with Crippen molar-refractivity contribution in [1.29, 1.82) is 0 Å². The number of rotatable bonds is 3. The SMILES string of the molecule is Cc1cccc2c(CC(=O)O)c(-c3ccc(Cl)c(Cl)c3)[nH]c12. The molecule has 0 aliphatic carbocycles. The minimum atomic E-state index is -0.872. The molecule has 3 rings (SSSR count). The number of fused-ring (bicyclic) bond motifs is 1. The first-order chi connectivity index (χ1) is 10.5. The molecule has 3 aromatic rings. The summed E-state index contributed by atoms with van der Waals surface area (Å²) in [6.45, 7) is 1.99. The topological polar surface area (TPSA) is 53.1 Å². The van der Waals surface area contributed by atoms with Gasteiger partial charge in [-0.2, -0.15) is 0 Å². The van der Waals surface area contributed by atoms with Gasteiger partial charge >= 0.3 is 5.97 Å². The van der Waals surface area contributed by atoms with Crippen LogP contribution < -0.4 is 0 Å². The Kier molecular flexibility index (Phi) is 3.85. The van der Waals surface area contributed by atoms with Gasteiger partial charge in [0.15, 0.2) is 0 Å². The van der Waals surface area contributed by atoms with Gasteiger partial charge in [-0.05, 0) is 35.7 Å². The monoisotopic (exact) mass is 333 g/mol. The van der Waals surface area contributed by atoms with E-state index in [1.54, 1.807) is 12.1 Å². The van der Waals surface area contributed by atoms with Gasteiger partial charge in [0, 0.05) is 10.9 Å². The molecule has 0 fully saturated rings. The molecule has 0 amide bonds. The highest BCUT2D eigenvalue weighted by atomic mass is 35.5. The molecule has 0 radical (unpaired) electrons. The van der Waals surface area contributed by atoms with Gasteiger partial charge in [-0.15, -0.1) is 0 Å². The van der Waals surface area contributed by atoms with Gasteiger partial charge in [-0.25, -0.2) is 0 Å². The second-order valence-corrected chi connectivity index (χ2v) is 5.99. The molecular formula is C17H13Cl2NO2. The Balaban J connectivity index is 2.29. The summed E-state index contributed by atoms with van der Waals surface area (Å²) in [5, 5.41) is 11.1. The van der Waals surface area contributed by atoms with Gasteiger partial charge in [-0.3, -0.25) is 4.79 Å². The molecule has 5 heteroatoms. The molecule has 0 aliphatic rings. The second kappa shape index (κ2) is 5.67. The van der Waals surface area contributed by atoms with Gasteiger partial charge in [0.1, 0.15) is 0 Å². The molecule has 112 valence electrons. The van der Waals surface area contributed by atoms with Crippen LogP contribution in [0.15, 0.2) is 36.4 Å². The molecule has 2 aromatic carbocycles. The van der Waals surface area contributed by atoms with E-state index in [1.165, 1.54) is 0 Å². The van der Waals surface area contributed by atoms with Gasteiger partial charge in [-0.1, -0.05) is 47.5 Å². The Morgan fingerprint density at radius 1 is 1.18 bits per heavy atom. The van der Waals surface area contributed by atoms with Crippen molar-refractivity contribution >= 4 is 40.1 Å². The Bertz CT molecular complexity index is 884. The molecule has 1 heterocycles. The van der Waals surface area contributed by atoms with Gasteiger partial charge in [0.05, 0.1) is 22.2 Å². The number of aliphatic carboxylic acids is 1. The Hall–Kier alpha value is -1.97. The maximum absolute atomic E-state index is 11.2. The van der Waals surface area contributed by atoms with Crippen molar-refractivity contribution < 1.29 is 9.90 Å². The van der Waals surface area contributed by atoms with Gasteiger partial charge in [0.2, 0.25) is 0 Å². The molecule has 1 aromatic heterocycles. The van der Waals surface area contributed by atoms with Crippen molar-refractivity contribution in [3.05, 3.63) is 57.6 Å². The molecule has 0 bridgehead atoms. The maximum Gasteiger partial charge on any atom is 0.307 e. The van der Waals surface area contributed by atoms with Crippen molar-refractivity contribution in [1.82, 2.24) is 4.98 Å². The van der Waals surface area contributed by atoms with E-state index < -0.39 is 5.97 Å². The summed E-state index contributed by atoms with van der Waals surface area (Å²) in [6.07, 6.45) is -0.0565. The third-order valence-corrected chi connectivity index (χ3v) is 4.42. The number of hydrogen-bond donors (Lipinski definition) is 2. The van der Waals surface area contributed by atoms with E-state index in [1.807, 2.05) is 31.2 Å². The average molecular weight is 334 g/mol. The van der Waals surface area contributed by atoms with Crippen molar-refractivity contribution in [2.45, 2.75) is 13.3 Å². The van der Waals surface area contributed by atoms with Crippen molar-refractivity contribution in [2.75, 3.05) is 0 Å². The number of para-hydroxylation sites is 1. The smallest absolute Gasteiger partial charge is 0.307 e. The summed E-state index contributed by atoms with van der Waals surface area (Å²) >= 11 is 12.0. The summed E-state index contributed by atoms with van der Waals surface area (Å²) in [7, 11) is 0. The third kappa shape index (κ3) is 2.58. The van der Waals surface area contributed by atoms with Crippen LogP contribution in [0.2, 0.25) is 10.0 Å². The molecule has 0 saturated carbocycles. The zero-order valence-corrected chi connectivity index (χ0v) is 13.3. The molecule has 0 saturated heterocycles. The fourth-order valence-corrected chi connectivity index (χ4v) is 2.95. The minimum absolute atomic E-state index is 0.0565. The maximum atomic E-state index is 11.2. The van der Waals surface area contributed by atoms with E-state index in [4.69, 9.17) is 23.2 Å². The van der Waals surface area contributed by atoms with Crippen LogP contribution in [0.3, 0.4) is 0 Å². The van der Waals surface area contributed by atoms with E-state index in [0.29, 0.717) is 10.0 Å². The highest BCUT2D eigenvalue weighted by Crippen LogP contribution is 2.35. The van der Waals surface area contributed by atoms with E-state index in [-0.39, 0.29) is 6.42 Å². The zero-order valence-electron chi connectivity index (χ0n) is 11.8. The number of carbonyl (C=O) groups is 1. The number of benzene rings is 2. The summed E-state index contributed by atoms with van der Waals surface area (Å²) in [6, 6.07) is 11.1. The lowest BCUT2D eigenvalue weighted by molar-refractivity contribution is -0.136. The molecule has 0 unspecified atom stereocenters. The van der Waals surface area contributed by atoms with Gasteiger partial charge in [0.25, 0.3) is 0 Å². The largest absolute Gasteiger partial charge is 0.481 e. The summed E-state index contributed by atoms with van der Waals surface area (Å²) < 4.78 is 0. The Morgan fingerprint density at radius 3 is 2.64 bits per heavy atom. The number of hydrogen-bond acceptors (Lipinski definition) is 1. The molecule has 2 N–H and O–H groups in total. The Morgan fingerprint density at radius 2 is 1.95 bits per heavy atom. The van der Waals surface area contributed by atoms with Crippen LogP contribution in [0.4, 0.5) is 0 Å². The number of halogens is 2. The second-order valence-electron chi connectivity index (χ2n) is 5.18. The number of carboxylic acids is 1. The zero-order chi connectivity index (χ0) is 15.9. The van der Waals surface area contributed by atoms with Crippen LogP contribution in [-0.4, -0.2) is 16.1 Å². The first kappa shape index (κ1) is 14.9. The first-order valence-electron chi connectivity index (χ1n) is 6.74. The summed E-state index contributed by atoms with van der Waals surface area (Å²) in [5.74, 6) is -0.872. The highest BCUT2D eigenvalue weighted by molar-refractivity contribution is 6.42. The van der Waals surface area contributed by atoms with E-state index in [2.05, 4.69) is 4.98 Å². The predicted molar refractivity (Wildman–Crippen MR) is 89.8 cm³/mol. The highest BCUT2D eigenvalue weighted by Gasteiger charge is 2.17. The minimum Gasteiger partial charge on any atom is -0.481 e. The number of aryl methyl sites for hydroxylation is 1. The first-order valence-corrected chi connectivity index (χ1v) is 7.50. The quantitative estimate of drug-likeness (QED) is 0.702. The lowest BCUT2D eigenvalue weighted by Crippen LogP contribution is -2.00. The normalized spacial score (nSPS) is 11.0. The van der Waals surface area contributed by atoms with Crippen LogP contribution in [-0.2, 0) is 11.2 Å². The van der Waals surface area contributed by atoms with E-state index >= 15 is 0 Å². The van der Waals surface area contributed by atoms with E-state index in [9.17, 15) is 9.90 Å². The number of nitrogens with one attached hydrogen (secondary N) is 1. The number of aromatic amines is 1. The van der Waals surface area contributed by atoms with Crippen LogP contribution >= 0.6 is 23.2 Å². The fraction of sp³-hybridized carbons (Fsp3) is 0.118. The molecule has 22 heavy (non-hydrogen) atoms. The molecule has 0 spiro atoms. The lowest BCUT2D eigenvalue weighted by Gasteiger charge is -2.04. The molecule has 3 nitrogen and oxygen atoms in total. The predicted octanol–water partition coefficient (Wildman–Crippen LogP) is 5.08. The van der Waals surface area contributed by atoms with Crippen molar-refractivity contribution in [3.8, 4) is 11.3 Å². The lowest BCUT2D eigenvalue weighted by atomic mass is 10.0. The number of H-pyrrole nitrogens is 1. The van der Waals surface area contributed by atoms with E-state index in [0.717, 1.165) is 33.3 Å².